The highest BCUT2D eigenvalue weighted by Crippen LogP contribution is 2.26. The number of benzene rings is 1. The Labute approximate surface area is 127 Å². The molecule has 0 aliphatic rings. The summed E-state index contributed by atoms with van der Waals surface area (Å²) in [5.74, 6) is -0.0815. The van der Waals surface area contributed by atoms with Crippen LogP contribution in [0.15, 0.2) is 27.6 Å². The Hall–Kier alpha value is -1.12. The van der Waals surface area contributed by atoms with Gasteiger partial charge in [0.15, 0.2) is 0 Å². The Morgan fingerprint density at radius 3 is 2.65 bits per heavy atom. The fourth-order valence-electron chi connectivity index (χ4n) is 1.41. The number of halogens is 1. The van der Waals surface area contributed by atoms with E-state index in [0.717, 1.165) is 0 Å². The van der Waals surface area contributed by atoms with Crippen LogP contribution in [0.2, 0.25) is 0 Å². The van der Waals surface area contributed by atoms with Crippen LogP contribution in [-0.2, 0) is 14.8 Å². The minimum atomic E-state index is -3.81. The summed E-state index contributed by atoms with van der Waals surface area (Å²) in [5, 5.41) is 0. The Bertz CT molecular complexity index is 589. The van der Waals surface area contributed by atoms with Crippen molar-refractivity contribution < 1.29 is 17.9 Å². The van der Waals surface area contributed by atoms with Crippen LogP contribution in [0.5, 0.6) is 5.75 Å². The standard InChI is InChI=1S/C12H17BrN2O4S/c1-4-15(2)12(16)8-14-20(17,18)11-7-9(13)5-6-10(11)19-3/h5-7,14H,4,8H2,1-3H3. The average molecular weight is 365 g/mol. The first-order valence-corrected chi connectivity index (χ1v) is 8.16. The van der Waals surface area contributed by atoms with Crippen molar-refractivity contribution >= 4 is 31.9 Å². The van der Waals surface area contributed by atoms with Gasteiger partial charge in [-0.3, -0.25) is 4.79 Å². The first-order chi connectivity index (χ1) is 9.31. The number of rotatable bonds is 6. The quantitative estimate of drug-likeness (QED) is 0.823. The number of hydrogen-bond donors (Lipinski definition) is 1. The molecule has 0 atom stereocenters. The molecule has 1 aromatic rings. The molecule has 0 aromatic heterocycles. The van der Waals surface area contributed by atoms with E-state index < -0.39 is 10.0 Å². The fourth-order valence-corrected chi connectivity index (χ4v) is 3.09. The van der Waals surface area contributed by atoms with E-state index in [1.165, 1.54) is 18.1 Å². The summed E-state index contributed by atoms with van der Waals surface area (Å²) < 4.78 is 32.3. The molecule has 0 aliphatic carbocycles. The molecular formula is C12H17BrN2O4S. The molecular weight excluding hydrogens is 348 g/mol. The number of nitrogens with one attached hydrogen (secondary N) is 1. The van der Waals surface area contributed by atoms with Gasteiger partial charge in [0.1, 0.15) is 10.6 Å². The number of carbonyl (C=O) groups excluding carboxylic acids is 1. The van der Waals surface area contributed by atoms with Gasteiger partial charge in [-0.1, -0.05) is 15.9 Å². The van der Waals surface area contributed by atoms with Crippen LogP contribution in [0, 0.1) is 0 Å². The fraction of sp³-hybridized carbons (Fsp3) is 0.417. The minimum absolute atomic E-state index is 0.0127. The van der Waals surface area contributed by atoms with Crippen molar-refractivity contribution in [3.8, 4) is 5.75 Å². The highest BCUT2D eigenvalue weighted by Gasteiger charge is 2.21. The summed E-state index contributed by atoms with van der Waals surface area (Å²) >= 11 is 3.21. The second-order valence-electron chi connectivity index (χ2n) is 4.03. The van der Waals surface area contributed by atoms with Gasteiger partial charge in [-0.15, -0.1) is 0 Å². The molecule has 1 amide bonds. The van der Waals surface area contributed by atoms with Crippen LogP contribution in [0.1, 0.15) is 6.92 Å². The molecule has 0 saturated carbocycles. The van der Waals surface area contributed by atoms with Gasteiger partial charge in [-0.2, -0.15) is 0 Å². The number of nitrogens with zero attached hydrogens (tertiary/aromatic N) is 1. The van der Waals surface area contributed by atoms with E-state index in [2.05, 4.69) is 20.7 Å². The Kier molecular flexibility index (Phi) is 5.97. The summed E-state index contributed by atoms with van der Waals surface area (Å²) in [4.78, 5) is 13.1. The Balaban J connectivity index is 2.95. The predicted molar refractivity (Wildman–Crippen MR) is 79.2 cm³/mol. The van der Waals surface area contributed by atoms with Crippen molar-refractivity contribution in [2.75, 3.05) is 27.2 Å². The summed E-state index contributed by atoms with van der Waals surface area (Å²) in [5.41, 5.74) is 0. The highest BCUT2D eigenvalue weighted by atomic mass is 79.9. The smallest absolute Gasteiger partial charge is 0.244 e. The van der Waals surface area contributed by atoms with E-state index in [-0.39, 0.29) is 23.1 Å². The van der Waals surface area contributed by atoms with E-state index in [1.807, 2.05) is 6.92 Å². The van der Waals surface area contributed by atoms with Gasteiger partial charge >= 0.3 is 0 Å². The van der Waals surface area contributed by atoms with Crippen molar-refractivity contribution in [2.45, 2.75) is 11.8 Å². The summed E-state index contributed by atoms with van der Waals surface area (Å²) in [6.45, 7) is 2.03. The number of likely N-dealkylation sites (N-methyl/N-ethyl adjacent to an activating group) is 1. The van der Waals surface area contributed by atoms with Gasteiger partial charge in [0.25, 0.3) is 0 Å². The normalized spacial score (nSPS) is 11.2. The Morgan fingerprint density at radius 1 is 1.45 bits per heavy atom. The lowest BCUT2D eigenvalue weighted by Crippen LogP contribution is -2.38. The Morgan fingerprint density at radius 2 is 2.10 bits per heavy atom. The van der Waals surface area contributed by atoms with Gasteiger partial charge in [0, 0.05) is 18.1 Å². The number of sulfonamides is 1. The summed E-state index contributed by atoms with van der Waals surface area (Å²) in [6.07, 6.45) is 0. The molecule has 1 N–H and O–H groups in total. The van der Waals surface area contributed by atoms with Crippen molar-refractivity contribution in [1.29, 1.82) is 0 Å². The third-order valence-corrected chi connectivity index (χ3v) is 4.64. The van der Waals surface area contributed by atoms with E-state index in [0.29, 0.717) is 11.0 Å². The molecule has 112 valence electrons. The van der Waals surface area contributed by atoms with Gasteiger partial charge in [0.05, 0.1) is 13.7 Å². The maximum atomic E-state index is 12.2. The first-order valence-electron chi connectivity index (χ1n) is 5.89. The average Bonchev–Trinajstić information content (AvgIpc) is 2.43. The molecule has 0 saturated heterocycles. The van der Waals surface area contributed by atoms with Crippen LogP contribution in [0.4, 0.5) is 0 Å². The maximum absolute atomic E-state index is 12.2. The molecule has 1 aromatic carbocycles. The molecule has 20 heavy (non-hydrogen) atoms. The number of carbonyl (C=O) groups is 1. The molecule has 0 unspecified atom stereocenters. The minimum Gasteiger partial charge on any atom is -0.495 e. The monoisotopic (exact) mass is 364 g/mol. The molecule has 6 nitrogen and oxygen atoms in total. The lowest BCUT2D eigenvalue weighted by molar-refractivity contribution is -0.128. The number of amides is 1. The molecule has 0 heterocycles. The van der Waals surface area contributed by atoms with Crippen LogP contribution >= 0.6 is 15.9 Å². The van der Waals surface area contributed by atoms with Crippen LogP contribution in [0.3, 0.4) is 0 Å². The van der Waals surface area contributed by atoms with Gasteiger partial charge in [-0.05, 0) is 25.1 Å². The molecule has 0 fully saturated rings. The molecule has 0 radical (unpaired) electrons. The molecule has 0 aliphatic heterocycles. The zero-order valence-corrected chi connectivity index (χ0v) is 13.9. The van der Waals surface area contributed by atoms with Gasteiger partial charge in [0.2, 0.25) is 15.9 Å². The second kappa shape index (κ2) is 7.05. The summed E-state index contributed by atoms with van der Waals surface area (Å²) in [7, 11) is -0.820. The molecule has 0 bridgehead atoms. The largest absolute Gasteiger partial charge is 0.495 e. The third kappa shape index (κ3) is 4.19. The van der Waals surface area contributed by atoms with E-state index >= 15 is 0 Å². The van der Waals surface area contributed by atoms with E-state index in [9.17, 15) is 13.2 Å². The first kappa shape index (κ1) is 16.9. The lowest BCUT2D eigenvalue weighted by atomic mass is 10.3. The van der Waals surface area contributed by atoms with Crippen LogP contribution < -0.4 is 9.46 Å². The second-order valence-corrected chi connectivity index (χ2v) is 6.68. The maximum Gasteiger partial charge on any atom is 0.244 e. The molecule has 0 spiro atoms. The number of hydrogen-bond acceptors (Lipinski definition) is 4. The van der Waals surface area contributed by atoms with Crippen molar-refractivity contribution in [1.82, 2.24) is 9.62 Å². The zero-order chi connectivity index (χ0) is 15.3. The number of methoxy groups -OCH3 is 1. The SMILES string of the molecule is CCN(C)C(=O)CNS(=O)(=O)c1cc(Br)ccc1OC. The van der Waals surface area contributed by atoms with Crippen molar-refractivity contribution in [3.63, 3.8) is 0 Å². The van der Waals surface area contributed by atoms with E-state index in [1.54, 1.807) is 19.2 Å². The van der Waals surface area contributed by atoms with Crippen LogP contribution in [-0.4, -0.2) is 46.5 Å². The van der Waals surface area contributed by atoms with Gasteiger partial charge < -0.3 is 9.64 Å². The van der Waals surface area contributed by atoms with Gasteiger partial charge in [-0.25, -0.2) is 13.1 Å². The zero-order valence-electron chi connectivity index (χ0n) is 11.5. The van der Waals surface area contributed by atoms with Crippen molar-refractivity contribution in [2.24, 2.45) is 0 Å². The topological polar surface area (TPSA) is 75.7 Å². The highest BCUT2D eigenvalue weighted by molar-refractivity contribution is 9.10. The number of ether oxygens (including phenoxy) is 1. The lowest BCUT2D eigenvalue weighted by Gasteiger charge is -2.15. The molecule has 1 rings (SSSR count). The third-order valence-electron chi connectivity index (χ3n) is 2.73. The van der Waals surface area contributed by atoms with E-state index in [4.69, 9.17) is 4.74 Å². The predicted octanol–water partition coefficient (Wildman–Crippen LogP) is 1.21. The van der Waals surface area contributed by atoms with Crippen LogP contribution in [0.25, 0.3) is 0 Å². The van der Waals surface area contributed by atoms with Crippen molar-refractivity contribution in [3.05, 3.63) is 22.7 Å². The molecule has 8 heteroatoms. The summed E-state index contributed by atoms with van der Waals surface area (Å²) in [6, 6.07) is 4.64.